The summed E-state index contributed by atoms with van der Waals surface area (Å²) < 4.78 is 12.0. The fourth-order valence-corrected chi connectivity index (χ4v) is 3.02. The molecule has 24 heavy (non-hydrogen) atoms. The molecule has 2 aromatic rings. The highest BCUT2D eigenvalue weighted by Gasteiger charge is 2.38. The van der Waals surface area contributed by atoms with E-state index < -0.39 is 12.0 Å². The highest BCUT2D eigenvalue weighted by Crippen LogP contribution is 2.32. The first-order chi connectivity index (χ1) is 11.5. The number of carboxylic acid groups (broad SMARTS) is 1. The van der Waals surface area contributed by atoms with Crippen LogP contribution in [0.1, 0.15) is 33.4 Å². The molecule has 0 spiro atoms. The number of rotatable bonds is 5. The second-order valence-corrected chi connectivity index (χ2v) is 5.65. The summed E-state index contributed by atoms with van der Waals surface area (Å²) in [4.78, 5) is 26.0. The molecular weight excluding hydrogens is 314 g/mol. The third-order valence-corrected chi connectivity index (χ3v) is 4.30. The number of furan rings is 1. The predicted molar refractivity (Wildman–Crippen MR) is 82.7 cm³/mol. The molecule has 0 saturated heterocycles. The van der Waals surface area contributed by atoms with Crippen LogP contribution >= 0.6 is 0 Å². The molecule has 1 atom stereocenters. The minimum absolute atomic E-state index is 0.291. The number of aromatic nitrogens is 2. The highest BCUT2D eigenvalue weighted by molar-refractivity contribution is 5.97. The average Bonchev–Trinajstić information content (AvgIpc) is 3.17. The maximum absolute atomic E-state index is 12.9. The average molecular weight is 333 g/mol. The van der Waals surface area contributed by atoms with Crippen molar-refractivity contribution in [2.45, 2.75) is 25.9 Å². The van der Waals surface area contributed by atoms with Crippen LogP contribution in [-0.2, 0) is 22.5 Å². The summed E-state index contributed by atoms with van der Waals surface area (Å²) in [6, 6.07) is 0.573. The van der Waals surface area contributed by atoms with E-state index in [-0.39, 0.29) is 5.91 Å². The number of ether oxygens (including phenoxy) is 1. The Bertz CT molecular complexity index is 764. The number of carbonyl (C=O) groups is 2. The summed E-state index contributed by atoms with van der Waals surface area (Å²) in [6.07, 6.45) is 3.44. The van der Waals surface area contributed by atoms with Crippen LogP contribution < -0.4 is 0 Å². The largest absolute Gasteiger partial charge is 0.479 e. The van der Waals surface area contributed by atoms with Gasteiger partial charge in [-0.15, -0.1) is 0 Å². The van der Waals surface area contributed by atoms with E-state index in [9.17, 15) is 14.7 Å². The summed E-state index contributed by atoms with van der Waals surface area (Å²) in [5.41, 5.74) is 1.63. The second-order valence-electron chi connectivity index (χ2n) is 5.65. The molecule has 3 rings (SSSR count). The maximum atomic E-state index is 12.9. The van der Waals surface area contributed by atoms with E-state index in [0.717, 1.165) is 0 Å². The van der Waals surface area contributed by atoms with Gasteiger partial charge >= 0.3 is 5.97 Å². The number of hydrogen-bond donors (Lipinski definition) is 1. The summed E-state index contributed by atoms with van der Waals surface area (Å²) in [5, 5.41) is 13.8. The quantitative estimate of drug-likeness (QED) is 0.884. The molecule has 0 aromatic carbocycles. The first-order valence-electron chi connectivity index (χ1n) is 7.66. The SMILES string of the molecule is COCCn1ncc(C(=O)N2CCc3occc3C2C(=O)O)c1C. The van der Waals surface area contributed by atoms with Gasteiger partial charge in [0.2, 0.25) is 0 Å². The first-order valence-corrected chi connectivity index (χ1v) is 7.66. The second kappa shape index (κ2) is 6.48. The van der Waals surface area contributed by atoms with E-state index in [4.69, 9.17) is 9.15 Å². The smallest absolute Gasteiger partial charge is 0.331 e. The summed E-state index contributed by atoms with van der Waals surface area (Å²) >= 11 is 0. The molecule has 3 heterocycles. The van der Waals surface area contributed by atoms with Gasteiger partial charge in [-0.25, -0.2) is 4.79 Å². The molecule has 1 unspecified atom stereocenters. The Balaban J connectivity index is 1.90. The fourth-order valence-electron chi connectivity index (χ4n) is 3.02. The van der Waals surface area contributed by atoms with Gasteiger partial charge in [-0.2, -0.15) is 5.10 Å². The molecule has 0 bridgehead atoms. The normalized spacial score (nSPS) is 16.9. The monoisotopic (exact) mass is 333 g/mol. The molecule has 0 aliphatic carbocycles. The van der Waals surface area contributed by atoms with E-state index in [1.165, 1.54) is 17.4 Å². The fraction of sp³-hybridized carbons (Fsp3) is 0.438. The van der Waals surface area contributed by atoms with Crippen molar-refractivity contribution >= 4 is 11.9 Å². The number of carbonyl (C=O) groups excluding carboxylic acids is 1. The van der Waals surface area contributed by atoms with Crippen molar-refractivity contribution < 1.29 is 23.8 Å². The molecule has 2 aromatic heterocycles. The molecule has 0 radical (unpaired) electrons. The molecule has 8 heteroatoms. The summed E-state index contributed by atoms with van der Waals surface area (Å²) in [5.74, 6) is -0.787. The topological polar surface area (TPSA) is 97.8 Å². The van der Waals surface area contributed by atoms with E-state index >= 15 is 0 Å². The van der Waals surface area contributed by atoms with Crippen molar-refractivity contribution in [2.75, 3.05) is 20.3 Å². The third-order valence-electron chi connectivity index (χ3n) is 4.30. The number of methoxy groups -OCH3 is 1. The Labute approximate surface area is 138 Å². The Kier molecular flexibility index (Phi) is 4.39. The molecule has 128 valence electrons. The van der Waals surface area contributed by atoms with Gasteiger partial charge in [-0.05, 0) is 13.0 Å². The standard InChI is InChI=1S/C16H19N3O5/c1-10-12(9-17-19(10)6-8-23-2)15(20)18-5-3-13-11(4-7-24-13)14(18)16(21)22/h4,7,9,14H,3,5-6,8H2,1-2H3,(H,21,22). The van der Waals surface area contributed by atoms with Gasteiger partial charge in [-0.3, -0.25) is 9.48 Å². The first kappa shape index (κ1) is 16.3. The summed E-state index contributed by atoms with van der Waals surface area (Å²) in [6.45, 7) is 3.09. The van der Waals surface area contributed by atoms with Crippen LogP contribution in [-0.4, -0.2) is 51.9 Å². The molecule has 1 amide bonds. The molecule has 1 aliphatic heterocycles. The minimum atomic E-state index is -1.07. The molecule has 1 aliphatic rings. The lowest BCUT2D eigenvalue weighted by Gasteiger charge is -2.32. The number of nitrogens with zero attached hydrogens (tertiary/aromatic N) is 3. The van der Waals surface area contributed by atoms with Crippen LogP contribution in [0.5, 0.6) is 0 Å². The van der Waals surface area contributed by atoms with Crippen LogP contribution in [0.4, 0.5) is 0 Å². The van der Waals surface area contributed by atoms with Crippen molar-refractivity contribution in [3.63, 3.8) is 0 Å². The van der Waals surface area contributed by atoms with Crippen molar-refractivity contribution in [1.29, 1.82) is 0 Å². The molecule has 0 saturated carbocycles. The summed E-state index contributed by atoms with van der Waals surface area (Å²) in [7, 11) is 1.60. The van der Waals surface area contributed by atoms with Gasteiger partial charge in [-0.1, -0.05) is 0 Å². The van der Waals surface area contributed by atoms with Crippen molar-refractivity contribution in [2.24, 2.45) is 0 Å². The van der Waals surface area contributed by atoms with E-state index in [2.05, 4.69) is 5.10 Å². The Morgan fingerprint density at radius 2 is 2.29 bits per heavy atom. The third kappa shape index (κ3) is 2.69. The maximum Gasteiger partial charge on any atom is 0.331 e. The van der Waals surface area contributed by atoms with Gasteiger partial charge in [0, 0.05) is 31.3 Å². The molecule has 0 fully saturated rings. The Morgan fingerprint density at radius 1 is 1.50 bits per heavy atom. The number of fused-ring (bicyclic) bond motifs is 1. The zero-order valence-corrected chi connectivity index (χ0v) is 13.6. The van der Waals surface area contributed by atoms with E-state index in [1.807, 2.05) is 0 Å². The van der Waals surface area contributed by atoms with Gasteiger partial charge in [0.25, 0.3) is 5.91 Å². The van der Waals surface area contributed by atoms with E-state index in [1.54, 1.807) is 24.8 Å². The lowest BCUT2D eigenvalue weighted by molar-refractivity contribution is -0.143. The van der Waals surface area contributed by atoms with Crippen molar-refractivity contribution in [3.8, 4) is 0 Å². The zero-order valence-electron chi connectivity index (χ0n) is 13.6. The zero-order chi connectivity index (χ0) is 17.3. The van der Waals surface area contributed by atoms with E-state index in [0.29, 0.717) is 48.7 Å². The van der Waals surface area contributed by atoms with Gasteiger partial charge in [0.1, 0.15) is 5.76 Å². The van der Waals surface area contributed by atoms with Crippen LogP contribution in [0.25, 0.3) is 0 Å². The number of aliphatic carboxylic acids is 1. The molecule has 1 N–H and O–H groups in total. The van der Waals surface area contributed by atoms with Crippen LogP contribution in [0.3, 0.4) is 0 Å². The van der Waals surface area contributed by atoms with Gasteiger partial charge in [0.05, 0.1) is 31.2 Å². The van der Waals surface area contributed by atoms with Gasteiger partial charge in [0.15, 0.2) is 6.04 Å². The number of hydrogen-bond acceptors (Lipinski definition) is 5. The molecular formula is C16H19N3O5. The Hall–Kier alpha value is -2.61. The molecule has 8 nitrogen and oxygen atoms in total. The lowest BCUT2D eigenvalue weighted by Crippen LogP contribution is -2.43. The van der Waals surface area contributed by atoms with Crippen LogP contribution in [0.2, 0.25) is 0 Å². The van der Waals surface area contributed by atoms with Crippen molar-refractivity contribution in [3.05, 3.63) is 41.1 Å². The Morgan fingerprint density at radius 3 is 3.00 bits per heavy atom. The highest BCUT2D eigenvalue weighted by atomic mass is 16.5. The number of carboxylic acids is 1. The lowest BCUT2D eigenvalue weighted by atomic mass is 9.98. The van der Waals surface area contributed by atoms with Crippen molar-refractivity contribution in [1.82, 2.24) is 14.7 Å². The van der Waals surface area contributed by atoms with Crippen LogP contribution in [0, 0.1) is 6.92 Å². The number of amides is 1. The van der Waals surface area contributed by atoms with Crippen LogP contribution in [0.15, 0.2) is 22.9 Å². The minimum Gasteiger partial charge on any atom is -0.479 e. The van der Waals surface area contributed by atoms with Gasteiger partial charge < -0.3 is 19.2 Å². The predicted octanol–water partition coefficient (Wildman–Crippen LogP) is 1.26.